The first-order valence-corrected chi connectivity index (χ1v) is 8.55. The van der Waals surface area contributed by atoms with Crippen molar-refractivity contribution in [3.63, 3.8) is 0 Å². The molecule has 0 atom stereocenters. The molecule has 0 bridgehead atoms. The summed E-state index contributed by atoms with van der Waals surface area (Å²) in [5, 5.41) is 9.80. The minimum Gasteiger partial charge on any atom is -0.395 e. The molecule has 0 radical (unpaired) electrons. The summed E-state index contributed by atoms with van der Waals surface area (Å²) in [5.41, 5.74) is 0.546. The van der Waals surface area contributed by atoms with Crippen LogP contribution < -0.4 is 0 Å². The summed E-state index contributed by atoms with van der Waals surface area (Å²) in [5.74, 6) is 0. The van der Waals surface area contributed by atoms with E-state index in [9.17, 15) is 13.5 Å². The highest BCUT2D eigenvalue weighted by atomic mass is 32.2. The van der Waals surface area contributed by atoms with Gasteiger partial charge in [-0.25, -0.2) is 13.4 Å². The number of sulfonamides is 1. The van der Waals surface area contributed by atoms with E-state index in [1.165, 1.54) is 10.5 Å². The zero-order chi connectivity index (χ0) is 15.5. The van der Waals surface area contributed by atoms with E-state index in [4.69, 9.17) is 0 Å². The lowest BCUT2D eigenvalue weighted by Gasteiger charge is -2.28. The molecule has 2 rings (SSSR count). The smallest absolute Gasteiger partial charge is 0.245 e. The number of aliphatic hydroxyl groups excluding tert-OH is 1. The molecule has 2 heterocycles. The summed E-state index contributed by atoms with van der Waals surface area (Å²) < 4.78 is 27.2. The van der Waals surface area contributed by atoms with E-state index >= 15 is 0 Å². The van der Waals surface area contributed by atoms with Gasteiger partial charge in [0.2, 0.25) is 10.0 Å². The van der Waals surface area contributed by atoms with Gasteiger partial charge in [-0.2, -0.15) is 4.31 Å². The summed E-state index contributed by atoms with van der Waals surface area (Å²) >= 11 is 0. The van der Waals surface area contributed by atoms with Crippen LogP contribution in [0, 0.1) is 0 Å². The molecule has 0 saturated carbocycles. The quantitative estimate of drug-likeness (QED) is 0.815. The van der Waals surface area contributed by atoms with E-state index in [0.29, 0.717) is 23.9 Å². The number of nitrogens with one attached hydrogen (secondary N) is 1. The molecule has 116 valence electrons. The van der Waals surface area contributed by atoms with Gasteiger partial charge in [-0.1, -0.05) is 13.8 Å². The van der Waals surface area contributed by atoms with E-state index in [2.05, 4.69) is 9.97 Å². The third kappa shape index (κ3) is 2.95. The molecule has 0 aromatic carbocycles. The Morgan fingerprint density at radius 2 is 2.10 bits per heavy atom. The van der Waals surface area contributed by atoms with Crippen molar-refractivity contribution in [3.05, 3.63) is 24.5 Å². The Labute approximate surface area is 124 Å². The molecule has 0 saturated heterocycles. The standard InChI is InChI=1S/C14H21N3O3S/c1-3-11(4-2)17(8-9-18)21(19,20)13-10-16-14-12(13)6-5-7-15-14/h5-7,10-11,18H,3-4,8-9H2,1-2H3,(H,15,16). The molecule has 7 heteroatoms. The number of hydrogen-bond donors (Lipinski definition) is 2. The number of fused-ring (bicyclic) bond motifs is 1. The SMILES string of the molecule is CCC(CC)N(CCO)S(=O)(=O)c1c[nH]c2ncccc12. The number of H-pyrrole nitrogens is 1. The Morgan fingerprint density at radius 1 is 1.38 bits per heavy atom. The number of aliphatic hydroxyl groups is 1. The maximum absolute atomic E-state index is 12.9. The van der Waals surface area contributed by atoms with Gasteiger partial charge in [0.25, 0.3) is 0 Å². The van der Waals surface area contributed by atoms with Crippen LogP contribution in [0.15, 0.2) is 29.4 Å². The monoisotopic (exact) mass is 311 g/mol. The van der Waals surface area contributed by atoms with Crippen molar-refractivity contribution in [2.45, 2.75) is 37.6 Å². The summed E-state index contributed by atoms with van der Waals surface area (Å²) in [6.07, 6.45) is 4.49. The summed E-state index contributed by atoms with van der Waals surface area (Å²) in [4.78, 5) is 7.22. The second kappa shape index (κ2) is 6.55. The van der Waals surface area contributed by atoms with Crippen LogP contribution in [0.1, 0.15) is 26.7 Å². The van der Waals surface area contributed by atoms with Gasteiger partial charge in [0, 0.05) is 30.4 Å². The maximum Gasteiger partial charge on any atom is 0.245 e. The fraction of sp³-hybridized carbons (Fsp3) is 0.500. The zero-order valence-corrected chi connectivity index (χ0v) is 13.1. The molecular weight excluding hydrogens is 290 g/mol. The van der Waals surface area contributed by atoms with Crippen molar-refractivity contribution >= 4 is 21.1 Å². The van der Waals surface area contributed by atoms with Crippen molar-refractivity contribution in [1.82, 2.24) is 14.3 Å². The van der Waals surface area contributed by atoms with Crippen LogP contribution in [-0.2, 0) is 10.0 Å². The lowest BCUT2D eigenvalue weighted by molar-refractivity contribution is 0.220. The van der Waals surface area contributed by atoms with Crippen molar-refractivity contribution in [1.29, 1.82) is 0 Å². The van der Waals surface area contributed by atoms with Crippen molar-refractivity contribution < 1.29 is 13.5 Å². The van der Waals surface area contributed by atoms with Crippen molar-refractivity contribution in [2.75, 3.05) is 13.2 Å². The molecule has 2 N–H and O–H groups in total. The Hall–Kier alpha value is -1.44. The van der Waals surface area contributed by atoms with E-state index in [0.717, 1.165) is 0 Å². The van der Waals surface area contributed by atoms with E-state index in [1.807, 2.05) is 13.8 Å². The predicted molar refractivity (Wildman–Crippen MR) is 81.4 cm³/mol. The first-order chi connectivity index (χ1) is 10.1. The molecule has 0 amide bonds. The van der Waals surface area contributed by atoms with E-state index < -0.39 is 10.0 Å². The summed E-state index contributed by atoms with van der Waals surface area (Å²) in [7, 11) is -3.67. The van der Waals surface area contributed by atoms with Gasteiger partial charge < -0.3 is 10.1 Å². The van der Waals surface area contributed by atoms with Gasteiger partial charge in [-0.3, -0.25) is 0 Å². The molecule has 0 aliphatic carbocycles. The third-order valence-electron chi connectivity index (χ3n) is 3.67. The van der Waals surface area contributed by atoms with Crippen LogP contribution in [0.4, 0.5) is 0 Å². The van der Waals surface area contributed by atoms with Gasteiger partial charge in [0.1, 0.15) is 10.5 Å². The van der Waals surface area contributed by atoms with Crippen molar-refractivity contribution in [2.24, 2.45) is 0 Å². The predicted octanol–water partition coefficient (Wildman–Crippen LogP) is 1.73. The highest BCUT2D eigenvalue weighted by molar-refractivity contribution is 7.89. The Kier molecular flexibility index (Phi) is 4.97. The highest BCUT2D eigenvalue weighted by Crippen LogP contribution is 2.26. The first kappa shape index (κ1) is 15.9. The van der Waals surface area contributed by atoms with Crippen LogP contribution in [0.2, 0.25) is 0 Å². The molecular formula is C14H21N3O3S. The highest BCUT2D eigenvalue weighted by Gasteiger charge is 2.31. The number of hydrogen-bond acceptors (Lipinski definition) is 4. The molecule has 2 aromatic heterocycles. The zero-order valence-electron chi connectivity index (χ0n) is 12.3. The number of nitrogens with zero attached hydrogens (tertiary/aromatic N) is 2. The fourth-order valence-electron chi connectivity index (χ4n) is 2.56. The van der Waals surface area contributed by atoms with Gasteiger partial charge >= 0.3 is 0 Å². The minimum atomic E-state index is -3.67. The largest absolute Gasteiger partial charge is 0.395 e. The molecule has 0 aliphatic heterocycles. The lowest BCUT2D eigenvalue weighted by atomic mass is 10.2. The van der Waals surface area contributed by atoms with Crippen LogP contribution >= 0.6 is 0 Å². The van der Waals surface area contributed by atoms with E-state index in [-0.39, 0.29) is 24.1 Å². The van der Waals surface area contributed by atoms with Gasteiger partial charge in [0.05, 0.1) is 6.61 Å². The minimum absolute atomic E-state index is 0.0988. The number of rotatable bonds is 7. The molecule has 0 fully saturated rings. The third-order valence-corrected chi connectivity index (χ3v) is 5.66. The van der Waals surface area contributed by atoms with Crippen LogP contribution in [-0.4, -0.2) is 47.0 Å². The maximum atomic E-state index is 12.9. The second-order valence-electron chi connectivity index (χ2n) is 4.86. The normalized spacial score (nSPS) is 12.6. The summed E-state index contributed by atoms with van der Waals surface area (Å²) in [6.45, 7) is 3.80. The average Bonchev–Trinajstić information content (AvgIpc) is 2.92. The average molecular weight is 311 g/mol. The Morgan fingerprint density at radius 3 is 2.71 bits per heavy atom. The lowest BCUT2D eigenvalue weighted by Crippen LogP contribution is -2.41. The number of pyridine rings is 1. The Balaban J connectivity index is 2.52. The van der Waals surface area contributed by atoms with Crippen molar-refractivity contribution in [3.8, 4) is 0 Å². The molecule has 2 aromatic rings. The van der Waals surface area contributed by atoms with Gasteiger partial charge in [-0.15, -0.1) is 0 Å². The fourth-order valence-corrected chi connectivity index (χ4v) is 4.48. The molecule has 0 spiro atoms. The van der Waals surface area contributed by atoms with E-state index in [1.54, 1.807) is 18.3 Å². The topological polar surface area (TPSA) is 86.3 Å². The van der Waals surface area contributed by atoms with Crippen LogP contribution in [0.3, 0.4) is 0 Å². The van der Waals surface area contributed by atoms with Crippen LogP contribution in [0.5, 0.6) is 0 Å². The molecule has 0 aliphatic rings. The van der Waals surface area contributed by atoms with Gasteiger partial charge in [-0.05, 0) is 25.0 Å². The molecule has 21 heavy (non-hydrogen) atoms. The number of aromatic amines is 1. The summed E-state index contributed by atoms with van der Waals surface area (Å²) in [6, 6.07) is 3.32. The first-order valence-electron chi connectivity index (χ1n) is 7.11. The van der Waals surface area contributed by atoms with Crippen LogP contribution in [0.25, 0.3) is 11.0 Å². The second-order valence-corrected chi connectivity index (χ2v) is 6.72. The number of aromatic nitrogens is 2. The molecule has 6 nitrogen and oxygen atoms in total. The Bertz CT molecular complexity index is 692. The van der Waals surface area contributed by atoms with Gasteiger partial charge in [0.15, 0.2) is 0 Å². The molecule has 0 unspecified atom stereocenters.